The summed E-state index contributed by atoms with van der Waals surface area (Å²) < 4.78 is 6.66. The molecule has 0 atom stereocenters. The molecule has 0 radical (unpaired) electrons. The molecule has 0 amide bonds. The fourth-order valence-electron chi connectivity index (χ4n) is 1.52. The van der Waals surface area contributed by atoms with Crippen LogP contribution in [0.15, 0.2) is 20.7 Å². The lowest BCUT2D eigenvalue weighted by Gasteiger charge is -2.19. The Balaban J connectivity index is 2.22. The molecule has 0 fully saturated rings. The molecule has 0 aliphatic carbocycles. The molecule has 0 saturated heterocycles. The van der Waals surface area contributed by atoms with Gasteiger partial charge < -0.3 is 9.73 Å². The topological polar surface area (TPSA) is 38.1 Å². The molecule has 2 rings (SSSR count). The summed E-state index contributed by atoms with van der Waals surface area (Å²) in [7, 11) is 0. The van der Waals surface area contributed by atoms with E-state index in [0.717, 1.165) is 20.1 Å². The molecule has 0 saturated carbocycles. The van der Waals surface area contributed by atoms with Gasteiger partial charge in [-0.2, -0.15) is 0 Å². The lowest BCUT2D eigenvalue weighted by atomic mass is 10.1. The second-order valence-electron chi connectivity index (χ2n) is 5.30. The van der Waals surface area contributed by atoms with Gasteiger partial charge in [-0.05, 0) is 55.3 Å². The maximum atomic E-state index is 5.52. The van der Waals surface area contributed by atoms with E-state index in [0.29, 0.717) is 6.54 Å². The van der Waals surface area contributed by atoms with E-state index < -0.39 is 0 Å². The molecule has 2 aromatic heterocycles. The number of rotatable bonds is 3. The number of thiophene rings is 1. The average molecular weight is 329 g/mol. The zero-order valence-electron chi connectivity index (χ0n) is 11.0. The Bertz CT molecular complexity index is 520. The van der Waals surface area contributed by atoms with Crippen molar-refractivity contribution in [2.24, 2.45) is 0 Å². The molecule has 2 aromatic rings. The molecule has 0 aliphatic rings. The van der Waals surface area contributed by atoms with Crippen LogP contribution in [0.25, 0.3) is 10.6 Å². The largest absolute Gasteiger partial charge is 0.442 e. The van der Waals surface area contributed by atoms with Gasteiger partial charge >= 0.3 is 0 Å². The summed E-state index contributed by atoms with van der Waals surface area (Å²) in [6, 6.07) is 2.12. The molecule has 0 aromatic carbocycles. The van der Waals surface area contributed by atoms with Crippen molar-refractivity contribution in [2.45, 2.75) is 39.8 Å². The van der Waals surface area contributed by atoms with Gasteiger partial charge in [-0.3, -0.25) is 0 Å². The predicted molar refractivity (Wildman–Crippen MR) is 78.8 cm³/mol. The number of hydrogen-bond donors (Lipinski definition) is 1. The molecule has 18 heavy (non-hydrogen) atoms. The molecule has 3 nitrogen and oxygen atoms in total. The molecule has 0 unspecified atom stereocenters. The second-order valence-corrected chi connectivity index (χ2v) is 7.67. The third-order valence-corrected chi connectivity index (χ3v) is 4.64. The highest BCUT2D eigenvalue weighted by molar-refractivity contribution is 9.11. The summed E-state index contributed by atoms with van der Waals surface area (Å²) in [5, 5.41) is 3.43. The van der Waals surface area contributed by atoms with E-state index in [4.69, 9.17) is 4.42 Å². The number of aromatic nitrogens is 1. The molecule has 0 spiro atoms. The monoisotopic (exact) mass is 328 g/mol. The van der Waals surface area contributed by atoms with Crippen molar-refractivity contribution in [1.29, 1.82) is 0 Å². The molecular weight excluding hydrogens is 312 g/mol. The van der Waals surface area contributed by atoms with Crippen LogP contribution in [-0.2, 0) is 6.54 Å². The van der Waals surface area contributed by atoms with E-state index in [1.165, 1.54) is 12.0 Å². The first-order chi connectivity index (χ1) is 8.37. The van der Waals surface area contributed by atoms with Gasteiger partial charge in [-0.25, -0.2) is 4.98 Å². The quantitative estimate of drug-likeness (QED) is 0.909. The minimum atomic E-state index is 0.0716. The maximum absolute atomic E-state index is 5.52. The van der Waals surface area contributed by atoms with Crippen molar-refractivity contribution < 1.29 is 4.42 Å². The van der Waals surface area contributed by atoms with E-state index in [1.54, 1.807) is 11.3 Å². The molecule has 1 N–H and O–H groups in total. The standard InChI is InChI=1S/C13H17BrN2OS/c1-8-5-10(18-12(8)14)11-9(15-7-17-11)6-16-13(2,3)4/h5,7,16H,6H2,1-4H3. The highest BCUT2D eigenvalue weighted by Crippen LogP contribution is 2.36. The first kappa shape index (κ1) is 13.8. The molecule has 5 heteroatoms. The molecule has 2 heterocycles. The summed E-state index contributed by atoms with van der Waals surface area (Å²) in [4.78, 5) is 5.41. The lowest BCUT2D eigenvalue weighted by Crippen LogP contribution is -2.35. The third kappa shape index (κ3) is 3.22. The Morgan fingerprint density at radius 3 is 2.72 bits per heavy atom. The fourth-order valence-corrected chi connectivity index (χ4v) is 3.06. The summed E-state index contributed by atoms with van der Waals surface area (Å²) in [5.41, 5.74) is 2.25. The molecule has 0 aliphatic heterocycles. The van der Waals surface area contributed by atoms with E-state index in [9.17, 15) is 0 Å². The maximum Gasteiger partial charge on any atom is 0.181 e. The minimum Gasteiger partial charge on any atom is -0.442 e. The van der Waals surface area contributed by atoms with Gasteiger partial charge in [0.2, 0.25) is 0 Å². The van der Waals surface area contributed by atoms with Crippen molar-refractivity contribution in [1.82, 2.24) is 10.3 Å². The van der Waals surface area contributed by atoms with Crippen LogP contribution in [0.1, 0.15) is 32.0 Å². The van der Waals surface area contributed by atoms with Crippen LogP contribution in [0, 0.1) is 6.92 Å². The van der Waals surface area contributed by atoms with Crippen LogP contribution in [0.5, 0.6) is 0 Å². The number of aryl methyl sites for hydroxylation is 1. The van der Waals surface area contributed by atoms with Gasteiger partial charge in [0.15, 0.2) is 12.2 Å². The van der Waals surface area contributed by atoms with Crippen molar-refractivity contribution >= 4 is 27.3 Å². The Labute approximate surface area is 120 Å². The third-order valence-electron chi connectivity index (χ3n) is 2.51. The lowest BCUT2D eigenvalue weighted by molar-refractivity contribution is 0.421. The van der Waals surface area contributed by atoms with Crippen molar-refractivity contribution in [3.05, 3.63) is 27.5 Å². The Morgan fingerprint density at radius 1 is 1.44 bits per heavy atom. The molecule has 98 valence electrons. The van der Waals surface area contributed by atoms with Gasteiger partial charge in [-0.1, -0.05) is 0 Å². The van der Waals surface area contributed by atoms with E-state index in [2.05, 4.69) is 60.0 Å². The highest BCUT2D eigenvalue weighted by atomic mass is 79.9. The number of oxazole rings is 1. The van der Waals surface area contributed by atoms with E-state index in [-0.39, 0.29) is 5.54 Å². The minimum absolute atomic E-state index is 0.0716. The number of halogens is 1. The van der Waals surface area contributed by atoms with Gasteiger partial charge in [0.05, 0.1) is 8.66 Å². The fraction of sp³-hybridized carbons (Fsp3) is 0.462. The van der Waals surface area contributed by atoms with Crippen molar-refractivity contribution in [3.63, 3.8) is 0 Å². The summed E-state index contributed by atoms with van der Waals surface area (Å²) in [6.45, 7) is 9.20. The molecular formula is C13H17BrN2OS. The van der Waals surface area contributed by atoms with Crippen LogP contribution in [-0.4, -0.2) is 10.5 Å². The van der Waals surface area contributed by atoms with Crippen LogP contribution in [0.3, 0.4) is 0 Å². The summed E-state index contributed by atoms with van der Waals surface area (Å²) in [6.07, 6.45) is 1.51. The predicted octanol–water partition coefficient (Wildman–Crippen LogP) is 4.36. The van der Waals surface area contributed by atoms with Crippen LogP contribution in [0.4, 0.5) is 0 Å². The first-order valence-corrected chi connectivity index (χ1v) is 7.41. The number of nitrogens with one attached hydrogen (secondary N) is 1. The van der Waals surface area contributed by atoms with Crippen LogP contribution in [0.2, 0.25) is 0 Å². The average Bonchev–Trinajstić information content (AvgIpc) is 2.82. The molecule has 0 bridgehead atoms. The number of hydrogen-bond acceptors (Lipinski definition) is 4. The van der Waals surface area contributed by atoms with Gasteiger partial charge in [0, 0.05) is 12.1 Å². The van der Waals surface area contributed by atoms with Gasteiger partial charge in [0.1, 0.15) is 5.69 Å². The zero-order valence-corrected chi connectivity index (χ0v) is 13.4. The number of nitrogens with zero attached hydrogens (tertiary/aromatic N) is 1. The van der Waals surface area contributed by atoms with Crippen LogP contribution < -0.4 is 5.32 Å². The Morgan fingerprint density at radius 2 is 2.17 bits per heavy atom. The van der Waals surface area contributed by atoms with Crippen molar-refractivity contribution in [2.75, 3.05) is 0 Å². The Kier molecular flexibility index (Phi) is 3.94. The van der Waals surface area contributed by atoms with E-state index in [1.807, 2.05) is 0 Å². The smallest absolute Gasteiger partial charge is 0.181 e. The van der Waals surface area contributed by atoms with Gasteiger partial charge in [-0.15, -0.1) is 11.3 Å². The van der Waals surface area contributed by atoms with Gasteiger partial charge in [0.25, 0.3) is 0 Å². The normalized spacial score (nSPS) is 12.1. The second kappa shape index (κ2) is 5.15. The summed E-state index contributed by atoms with van der Waals surface area (Å²) >= 11 is 5.21. The van der Waals surface area contributed by atoms with E-state index >= 15 is 0 Å². The van der Waals surface area contributed by atoms with Crippen molar-refractivity contribution in [3.8, 4) is 10.6 Å². The highest BCUT2D eigenvalue weighted by Gasteiger charge is 2.16. The Hall–Kier alpha value is -0.650. The SMILES string of the molecule is Cc1cc(-c2ocnc2CNC(C)(C)C)sc1Br. The van der Waals surface area contributed by atoms with Crippen LogP contribution >= 0.6 is 27.3 Å². The first-order valence-electron chi connectivity index (χ1n) is 5.80. The zero-order chi connectivity index (χ0) is 13.3. The summed E-state index contributed by atoms with van der Waals surface area (Å²) in [5.74, 6) is 0.866.